The third kappa shape index (κ3) is 2.75. The van der Waals surface area contributed by atoms with Gasteiger partial charge < -0.3 is 4.74 Å². The van der Waals surface area contributed by atoms with Crippen LogP contribution in [0.25, 0.3) is 0 Å². The lowest BCUT2D eigenvalue weighted by atomic mass is 10.3. The number of hydrogen-bond donors (Lipinski definition) is 1. The van der Waals surface area contributed by atoms with Gasteiger partial charge in [-0.2, -0.15) is 5.26 Å². The van der Waals surface area contributed by atoms with E-state index in [1.54, 1.807) is 25.3 Å². The van der Waals surface area contributed by atoms with E-state index in [-0.39, 0.29) is 0 Å². The van der Waals surface area contributed by atoms with Gasteiger partial charge in [-0.3, -0.25) is 0 Å². The van der Waals surface area contributed by atoms with Gasteiger partial charge in [-0.1, -0.05) is 10.1 Å². The van der Waals surface area contributed by atoms with Gasteiger partial charge in [0.25, 0.3) is 0 Å². The molecule has 1 aromatic heterocycles. The number of nitrogens with one attached hydrogen (secondary N) is 1. The fourth-order valence-electron chi connectivity index (χ4n) is 0.880. The summed E-state index contributed by atoms with van der Waals surface area (Å²) in [5.74, 6) is 0. The molecule has 0 saturated heterocycles. The van der Waals surface area contributed by atoms with Crippen LogP contribution in [0.1, 0.15) is 12.5 Å². The van der Waals surface area contributed by atoms with E-state index in [2.05, 4.69) is 10.2 Å². The minimum Gasteiger partial charge on any atom is -0.446 e. The van der Waals surface area contributed by atoms with Crippen LogP contribution in [0.3, 0.4) is 0 Å². The van der Waals surface area contributed by atoms with E-state index in [0.29, 0.717) is 12.2 Å². The lowest BCUT2D eigenvalue weighted by molar-refractivity contribution is -0.642. The highest BCUT2D eigenvalue weighted by Crippen LogP contribution is 1.89. The molecular weight excluding hydrogens is 182 g/mol. The average molecular weight is 192 g/mol. The zero-order valence-corrected chi connectivity index (χ0v) is 7.73. The predicted molar refractivity (Wildman–Crippen MR) is 47.7 cm³/mol. The third-order valence-corrected chi connectivity index (χ3v) is 1.43. The molecule has 0 aliphatic carbocycles. The molecule has 0 spiro atoms. The van der Waals surface area contributed by atoms with Gasteiger partial charge in [0.2, 0.25) is 6.20 Å². The van der Waals surface area contributed by atoms with Crippen LogP contribution in [-0.4, -0.2) is 12.7 Å². The third-order valence-electron chi connectivity index (χ3n) is 1.43. The molecule has 1 N–H and O–H groups in total. The van der Waals surface area contributed by atoms with Gasteiger partial charge in [-0.25, -0.2) is 4.79 Å². The second-order valence-corrected chi connectivity index (χ2v) is 2.44. The minimum absolute atomic E-state index is 0.310. The number of nitriles is 1. The molecule has 0 atom stereocenters. The van der Waals surface area contributed by atoms with Crippen LogP contribution in [0, 0.1) is 11.3 Å². The monoisotopic (exact) mass is 192 g/mol. The second-order valence-electron chi connectivity index (χ2n) is 2.44. The highest BCUT2D eigenvalue weighted by atomic mass is 16.5. The van der Waals surface area contributed by atoms with Gasteiger partial charge in [-0.15, -0.1) is 0 Å². The topological polar surface area (TPSA) is 66.0 Å². The molecule has 14 heavy (non-hydrogen) atoms. The molecular formula is C9H10N3O2+. The Hall–Kier alpha value is -2.09. The predicted octanol–water partition coefficient (Wildman–Crippen LogP) is 0.546. The highest BCUT2D eigenvalue weighted by Gasteiger charge is 2.07. The fraction of sp³-hybridized carbons (Fsp3) is 0.222. The largest absolute Gasteiger partial charge is 0.461 e. The molecule has 1 aromatic rings. The van der Waals surface area contributed by atoms with E-state index in [1.807, 2.05) is 6.07 Å². The molecule has 0 fully saturated rings. The number of rotatable bonds is 2. The zero-order chi connectivity index (χ0) is 10.4. The standard InChI is InChI=1S/C9H9N3O2/c1-2-14-9(13)11-12-5-3-4-8(6-10)7-12/h3-5,7H,2H2,1H3/p+1. The van der Waals surface area contributed by atoms with E-state index < -0.39 is 6.09 Å². The molecule has 1 amide bonds. The Labute approximate surface area is 81.5 Å². The summed E-state index contributed by atoms with van der Waals surface area (Å²) < 4.78 is 6.04. The SMILES string of the molecule is CCOC(=O)N[n+]1cccc(C#N)c1. The number of carbonyl (C=O) groups is 1. The summed E-state index contributed by atoms with van der Waals surface area (Å²) >= 11 is 0. The summed E-state index contributed by atoms with van der Waals surface area (Å²) in [4.78, 5) is 11.0. The number of amides is 1. The molecule has 0 unspecified atom stereocenters. The highest BCUT2D eigenvalue weighted by molar-refractivity contribution is 5.73. The lowest BCUT2D eigenvalue weighted by Crippen LogP contribution is -2.48. The van der Waals surface area contributed by atoms with E-state index in [0.717, 1.165) is 0 Å². The zero-order valence-electron chi connectivity index (χ0n) is 7.73. The first-order valence-electron chi connectivity index (χ1n) is 4.11. The summed E-state index contributed by atoms with van der Waals surface area (Å²) in [6, 6.07) is 5.26. The summed E-state index contributed by atoms with van der Waals surface area (Å²) in [7, 11) is 0. The van der Waals surface area contributed by atoms with E-state index in [1.165, 1.54) is 10.9 Å². The lowest BCUT2D eigenvalue weighted by Gasteiger charge is -1.98. The van der Waals surface area contributed by atoms with Crippen molar-refractivity contribution in [1.82, 2.24) is 0 Å². The molecule has 0 bridgehead atoms. The maximum atomic E-state index is 11.0. The quantitative estimate of drug-likeness (QED) is 0.695. The molecule has 0 aromatic carbocycles. The van der Waals surface area contributed by atoms with Gasteiger partial charge >= 0.3 is 6.09 Å². The number of hydrogen-bond acceptors (Lipinski definition) is 3. The van der Waals surface area contributed by atoms with Crippen molar-refractivity contribution >= 4 is 6.09 Å². The molecule has 5 heteroatoms. The smallest absolute Gasteiger partial charge is 0.446 e. The van der Waals surface area contributed by atoms with Crippen molar-refractivity contribution in [3.05, 3.63) is 30.1 Å². The van der Waals surface area contributed by atoms with Crippen LogP contribution in [0.5, 0.6) is 0 Å². The van der Waals surface area contributed by atoms with Gasteiger partial charge in [0, 0.05) is 6.07 Å². The molecule has 0 radical (unpaired) electrons. The number of nitrogens with zero attached hydrogens (tertiary/aromatic N) is 2. The number of aromatic nitrogens is 1. The van der Waals surface area contributed by atoms with Crippen molar-refractivity contribution in [2.45, 2.75) is 6.92 Å². The van der Waals surface area contributed by atoms with E-state index in [9.17, 15) is 4.79 Å². The molecule has 0 saturated carbocycles. The molecule has 5 nitrogen and oxygen atoms in total. The first-order valence-corrected chi connectivity index (χ1v) is 4.11. The molecule has 1 rings (SSSR count). The Kier molecular flexibility index (Phi) is 3.44. The summed E-state index contributed by atoms with van der Waals surface area (Å²) in [6.07, 6.45) is 2.56. The van der Waals surface area contributed by atoms with Gasteiger partial charge in [0.15, 0.2) is 6.20 Å². The van der Waals surface area contributed by atoms with Crippen LogP contribution in [0.2, 0.25) is 0 Å². The van der Waals surface area contributed by atoms with E-state index >= 15 is 0 Å². The van der Waals surface area contributed by atoms with Crippen molar-refractivity contribution in [2.75, 3.05) is 12.0 Å². The molecule has 0 aliphatic heterocycles. The normalized spacial score (nSPS) is 8.86. The Morgan fingerprint density at radius 1 is 1.79 bits per heavy atom. The minimum atomic E-state index is -0.549. The Morgan fingerprint density at radius 2 is 2.57 bits per heavy atom. The Bertz CT molecular complexity index is 371. The molecule has 72 valence electrons. The van der Waals surface area contributed by atoms with Crippen molar-refractivity contribution < 1.29 is 14.2 Å². The number of ether oxygens (including phenoxy) is 1. The van der Waals surface area contributed by atoms with Crippen molar-refractivity contribution in [3.63, 3.8) is 0 Å². The molecule has 1 heterocycles. The van der Waals surface area contributed by atoms with Gasteiger partial charge in [0.1, 0.15) is 11.6 Å². The first kappa shape index (κ1) is 9.99. The van der Waals surface area contributed by atoms with E-state index in [4.69, 9.17) is 5.26 Å². The second kappa shape index (κ2) is 4.82. The number of pyridine rings is 1. The Balaban J connectivity index is 2.68. The van der Waals surface area contributed by atoms with Crippen LogP contribution in [-0.2, 0) is 4.74 Å². The van der Waals surface area contributed by atoms with Crippen molar-refractivity contribution in [3.8, 4) is 6.07 Å². The van der Waals surface area contributed by atoms with Gasteiger partial charge in [-0.05, 0) is 13.0 Å². The van der Waals surface area contributed by atoms with Crippen LogP contribution in [0.15, 0.2) is 24.5 Å². The van der Waals surface area contributed by atoms with Crippen LogP contribution >= 0.6 is 0 Å². The summed E-state index contributed by atoms with van der Waals surface area (Å²) in [6.45, 7) is 2.03. The maximum absolute atomic E-state index is 11.0. The summed E-state index contributed by atoms with van der Waals surface area (Å²) in [5, 5.41) is 8.59. The molecule has 0 aliphatic rings. The van der Waals surface area contributed by atoms with Gasteiger partial charge in [0.05, 0.1) is 6.61 Å². The number of carbonyl (C=O) groups excluding carboxylic acids is 1. The summed E-state index contributed by atoms with van der Waals surface area (Å²) in [5.41, 5.74) is 2.88. The van der Waals surface area contributed by atoms with Crippen LogP contribution in [0.4, 0.5) is 4.79 Å². The van der Waals surface area contributed by atoms with Crippen LogP contribution < -0.4 is 10.1 Å². The Morgan fingerprint density at radius 3 is 3.21 bits per heavy atom. The van der Waals surface area contributed by atoms with Crippen molar-refractivity contribution in [2.24, 2.45) is 0 Å². The maximum Gasteiger partial charge on any atom is 0.461 e. The fourth-order valence-corrected chi connectivity index (χ4v) is 0.880. The first-order chi connectivity index (χ1) is 6.76. The average Bonchev–Trinajstić information content (AvgIpc) is 2.18. The van der Waals surface area contributed by atoms with Crippen molar-refractivity contribution in [1.29, 1.82) is 5.26 Å².